The van der Waals surface area contributed by atoms with Crippen LogP contribution >= 0.6 is 27.5 Å². The molecule has 3 rings (SSSR count). The van der Waals surface area contributed by atoms with Crippen molar-refractivity contribution in [3.8, 4) is 0 Å². The molecule has 0 saturated heterocycles. The minimum atomic E-state index is -0.153. The first-order chi connectivity index (χ1) is 9.15. The van der Waals surface area contributed by atoms with Gasteiger partial charge in [0.1, 0.15) is 5.58 Å². The third-order valence-electron chi connectivity index (χ3n) is 2.82. The molecular formula is C15H8BrClO2. The maximum absolute atomic E-state index is 12.4. The van der Waals surface area contributed by atoms with Gasteiger partial charge in [-0.05, 0) is 36.4 Å². The summed E-state index contributed by atoms with van der Waals surface area (Å²) >= 11 is 9.28. The molecule has 0 aliphatic rings. The largest absolute Gasteiger partial charge is 0.453 e. The van der Waals surface area contributed by atoms with E-state index in [1.165, 1.54) is 0 Å². The molecule has 0 spiro atoms. The molecule has 0 N–H and O–H groups in total. The molecule has 4 heteroatoms. The van der Waals surface area contributed by atoms with E-state index in [4.69, 9.17) is 16.0 Å². The lowest BCUT2D eigenvalue weighted by atomic mass is 10.1. The number of benzene rings is 2. The molecule has 0 bridgehead atoms. The van der Waals surface area contributed by atoms with E-state index in [2.05, 4.69) is 15.9 Å². The summed E-state index contributed by atoms with van der Waals surface area (Å²) in [6.45, 7) is 0. The summed E-state index contributed by atoms with van der Waals surface area (Å²) in [6, 6.07) is 14.2. The second-order valence-corrected chi connectivity index (χ2v) is 5.39. The van der Waals surface area contributed by atoms with E-state index in [1.54, 1.807) is 30.3 Å². The zero-order valence-corrected chi connectivity index (χ0v) is 12.0. The van der Waals surface area contributed by atoms with E-state index in [1.807, 2.05) is 18.2 Å². The van der Waals surface area contributed by atoms with Crippen molar-refractivity contribution in [1.82, 2.24) is 0 Å². The zero-order chi connectivity index (χ0) is 13.4. The van der Waals surface area contributed by atoms with Crippen LogP contribution in [0.25, 0.3) is 11.0 Å². The quantitative estimate of drug-likeness (QED) is 0.611. The Morgan fingerprint density at radius 2 is 1.89 bits per heavy atom. The molecule has 19 heavy (non-hydrogen) atoms. The Morgan fingerprint density at radius 3 is 2.68 bits per heavy atom. The predicted octanol–water partition coefficient (Wildman–Crippen LogP) is 5.08. The van der Waals surface area contributed by atoms with Gasteiger partial charge in [0, 0.05) is 20.4 Å². The predicted molar refractivity (Wildman–Crippen MR) is 78.8 cm³/mol. The molecule has 0 radical (unpaired) electrons. The van der Waals surface area contributed by atoms with Gasteiger partial charge in [-0.2, -0.15) is 0 Å². The van der Waals surface area contributed by atoms with Gasteiger partial charge in [0.15, 0.2) is 5.76 Å². The van der Waals surface area contributed by atoms with Crippen LogP contribution in [-0.2, 0) is 0 Å². The molecule has 1 heterocycles. The number of ketones is 1. The minimum Gasteiger partial charge on any atom is -0.453 e. The highest BCUT2D eigenvalue weighted by Gasteiger charge is 2.16. The van der Waals surface area contributed by atoms with Gasteiger partial charge in [-0.1, -0.05) is 39.7 Å². The Morgan fingerprint density at radius 1 is 1.11 bits per heavy atom. The zero-order valence-electron chi connectivity index (χ0n) is 9.69. The van der Waals surface area contributed by atoms with Crippen molar-refractivity contribution in [2.45, 2.75) is 0 Å². The average Bonchev–Trinajstić information content (AvgIpc) is 2.81. The summed E-state index contributed by atoms with van der Waals surface area (Å²) in [5.74, 6) is 0.156. The maximum Gasteiger partial charge on any atom is 0.229 e. The van der Waals surface area contributed by atoms with Crippen molar-refractivity contribution < 1.29 is 9.21 Å². The molecule has 0 unspecified atom stereocenters. The number of rotatable bonds is 2. The summed E-state index contributed by atoms with van der Waals surface area (Å²) in [6.07, 6.45) is 0. The molecule has 0 aliphatic heterocycles. The van der Waals surface area contributed by atoms with E-state index in [9.17, 15) is 4.79 Å². The van der Waals surface area contributed by atoms with Crippen LogP contribution in [0.1, 0.15) is 16.1 Å². The summed E-state index contributed by atoms with van der Waals surface area (Å²) < 4.78 is 6.31. The average molecular weight is 336 g/mol. The fourth-order valence-corrected chi connectivity index (χ4v) is 2.55. The lowest BCUT2D eigenvalue weighted by molar-refractivity contribution is 0.101. The third-order valence-corrected chi connectivity index (χ3v) is 3.75. The van der Waals surface area contributed by atoms with Crippen molar-refractivity contribution >= 4 is 44.3 Å². The van der Waals surface area contributed by atoms with Crippen molar-refractivity contribution in [1.29, 1.82) is 0 Å². The number of halogens is 2. The topological polar surface area (TPSA) is 30.2 Å². The van der Waals surface area contributed by atoms with Gasteiger partial charge in [0.05, 0.1) is 0 Å². The molecule has 0 aliphatic carbocycles. The van der Waals surface area contributed by atoms with Gasteiger partial charge >= 0.3 is 0 Å². The Labute approximate surface area is 123 Å². The van der Waals surface area contributed by atoms with Crippen molar-refractivity contribution in [2.75, 3.05) is 0 Å². The van der Waals surface area contributed by atoms with Crippen LogP contribution in [0.2, 0.25) is 5.02 Å². The molecule has 2 aromatic carbocycles. The van der Waals surface area contributed by atoms with Gasteiger partial charge in [-0.3, -0.25) is 4.79 Å². The Bertz CT molecular complexity index is 777. The minimum absolute atomic E-state index is 0.153. The normalized spacial score (nSPS) is 10.8. The molecule has 0 amide bonds. The number of carbonyl (C=O) groups is 1. The molecule has 0 saturated carbocycles. The molecule has 0 fully saturated rings. The second kappa shape index (κ2) is 4.83. The summed E-state index contributed by atoms with van der Waals surface area (Å²) in [5, 5.41) is 1.44. The Kier molecular flexibility index (Phi) is 3.17. The monoisotopic (exact) mass is 334 g/mol. The second-order valence-electron chi connectivity index (χ2n) is 4.10. The van der Waals surface area contributed by atoms with Crippen molar-refractivity contribution in [2.24, 2.45) is 0 Å². The van der Waals surface area contributed by atoms with Crippen molar-refractivity contribution in [3.05, 3.63) is 69.3 Å². The SMILES string of the molecule is O=C(c1cc2cc(Cl)ccc2o1)c1ccccc1Br. The highest BCUT2D eigenvalue weighted by Crippen LogP contribution is 2.26. The maximum atomic E-state index is 12.4. The van der Waals surface area contributed by atoms with E-state index in [0.717, 1.165) is 9.86 Å². The van der Waals surface area contributed by atoms with E-state index in [0.29, 0.717) is 21.9 Å². The van der Waals surface area contributed by atoms with E-state index >= 15 is 0 Å². The number of fused-ring (bicyclic) bond motifs is 1. The third kappa shape index (κ3) is 2.31. The van der Waals surface area contributed by atoms with Crippen LogP contribution < -0.4 is 0 Å². The van der Waals surface area contributed by atoms with Crippen LogP contribution in [0.5, 0.6) is 0 Å². The van der Waals surface area contributed by atoms with Crippen LogP contribution in [-0.4, -0.2) is 5.78 Å². The van der Waals surface area contributed by atoms with Crippen molar-refractivity contribution in [3.63, 3.8) is 0 Å². The van der Waals surface area contributed by atoms with Gasteiger partial charge in [0.2, 0.25) is 5.78 Å². The van der Waals surface area contributed by atoms with Crippen LogP contribution in [0.15, 0.2) is 57.4 Å². The van der Waals surface area contributed by atoms with E-state index in [-0.39, 0.29) is 5.78 Å². The molecule has 0 atom stereocenters. The van der Waals surface area contributed by atoms with Crippen LogP contribution in [0, 0.1) is 0 Å². The van der Waals surface area contributed by atoms with E-state index < -0.39 is 0 Å². The standard InChI is InChI=1S/C15H8BrClO2/c16-12-4-2-1-3-11(12)15(18)14-8-9-7-10(17)5-6-13(9)19-14/h1-8H. The molecule has 3 aromatic rings. The van der Waals surface area contributed by atoms with Gasteiger partial charge < -0.3 is 4.42 Å². The Hall–Kier alpha value is -1.58. The fraction of sp³-hybridized carbons (Fsp3) is 0. The number of carbonyl (C=O) groups excluding carboxylic acids is 1. The number of furan rings is 1. The fourth-order valence-electron chi connectivity index (χ4n) is 1.90. The lowest BCUT2D eigenvalue weighted by Crippen LogP contribution is -2.00. The lowest BCUT2D eigenvalue weighted by Gasteiger charge is -1.99. The van der Waals surface area contributed by atoms with Gasteiger partial charge in [0.25, 0.3) is 0 Å². The molecule has 2 nitrogen and oxygen atoms in total. The first-order valence-electron chi connectivity index (χ1n) is 5.63. The summed E-state index contributed by atoms with van der Waals surface area (Å²) in [5.41, 5.74) is 1.23. The smallest absolute Gasteiger partial charge is 0.229 e. The first kappa shape index (κ1) is 12.5. The van der Waals surface area contributed by atoms with Gasteiger partial charge in [-0.15, -0.1) is 0 Å². The number of hydrogen-bond acceptors (Lipinski definition) is 2. The summed E-state index contributed by atoms with van der Waals surface area (Å²) in [7, 11) is 0. The Balaban J connectivity index is 2.09. The van der Waals surface area contributed by atoms with Gasteiger partial charge in [-0.25, -0.2) is 0 Å². The molecule has 94 valence electrons. The number of hydrogen-bond donors (Lipinski definition) is 0. The van der Waals surface area contributed by atoms with Crippen LogP contribution in [0.3, 0.4) is 0 Å². The first-order valence-corrected chi connectivity index (χ1v) is 6.80. The molecular weight excluding hydrogens is 328 g/mol. The highest BCUT2D eigenvalue weighted by molar-refractivity contribution is 9.10. The highest BCUT2D eigenvalue weighted by atomic mass is 79.9. The summed E-state index contributed by atoms with van der Waals surface area (Å²) in [4.78, 5) is 12.4. The molecule has 1 aromatic heterocycles. The van der Waals surface area contributed by atoms with Crippen LogP contribution in [0.4, 0.5) is 0 Å².